The zero-order valence-electron chi connectivity index (χ0n) is 9.78. The van der Waals surface area contributed by atoms with Gasteiger partial charge in [0.2, 0.25) is 0 Å². The molecule has 16 heavy (non-hydrogen) atoms. The number of hydrogen-bond donors (Lipinski definition) is 1. The van der Waals surface area contributed by atoms with Crippen molar-refractivity contribution in [1.29, 1.82) is 0 Å². The standard InChI is InChI=1S/C12H18FN3/c1-8(2)16-5-3-4-11(16)10-6-9(13)7-15-12(10)14/h6-8,11H,3-5H2,1-2H3,(H2,14,15). The molecule has 88 valence electrons. The van der Waals surface area contributed by atoms with Crippen LogP contribution < -0.4 is 5.73 Å². The molecular formula is C12H18FN3. The average molecular weight is 223 g/mol. The fraction of sp³-hybridized carbons (Fsp3) is 0.583. The predicted octanol–water partition coefficient (Wildman–Crippen LogP) is 2.35. The molecule has 1 aliphatic rings. The minimum Gasteiger partial charge on any atom is -0.383 e. The number of rotatable bonds is 2. The topological polar surface area (TPSA) is 42.2 Å². The second-order valence-electron chi connectivity index (χ2n) is 4.62. The van der Waals surface area contributed by atoms with Crippen molar-refractivity contribution in [2.45, 2.75) is 38.8 Å². The third kappa shape index (κ3) is 2.02. The lowest BCUT2D eigenvalue weighted by atomic mass is 10.0. The molecule has 0 spiro atoms. The van der Waals surface area contributed by atoms with Crippen LogP contribution in [-0.2, 0) is 0 Å². The molecule has 3 nitrogen and oxygen atoms in total. The lowest BCUT2D eigenvalue weighted by Crippen LogP contribution is -2.30. The summed E-state index contributed by atoms with van der Waals surface area (Å²) in [5.74, 6) is 0.152. The monoisotopic (exact) mass is 223 g/mol. The van der Waals surface area contributed by atoms with E-state index in [2.05, 4.69) is 23.7 Å². The number of anilines is 1. The highest BCUT2D eigenvalue weighted by atomic mass is 19.1. The molecule has 1 unspecified atom stereocenters. The van der Waals surface area contributed by atoms with Gasteiger partial charge >= 0.3 is 0 Å². The number of nitrogen functional groups attached to an aromatic ring is 1. The molecule has 1 saturated heterocycles. The summed E-state index contributed by atoms with van der Waals surface area (Å²) in [6.45, 7) is 5.36. The maximum Gasteiger partial charge on any atom is 0.141 e. The van der Waals surface area contributed by atoms with Crippen LogP contribution in [0, 0.1) is 5.82 Å². The van der Waals surface area contributed by atoms with Crippen molar-refractivity contribution >= 4 is 5.82 Å². The molecular weight excluding hydrogens is 205 g/mol. The van der Waals surface area contributed by atoms with E-state index in [-0.39, 0.29) is 11.9 Å². The van der Waals surface area contributed by atoms with Crippen LogP contribution in [0.2, 0.25) is 0 Å². The molecule has 0 amide bonds. The Kier molecular flexibility index (Phi) is 3.10. The number of halogens is 1. The third-order valence-corrected chi connectivity index (χ3v) is 3.23. The van der Waals surface area contributed by atoms with Gasteiger partial charge in [-0.15, -0.1) is 0 Å². The summed E-state index contributed by atoms with van der Waals surface area (Å²) in [6, 6.07) is 2.20. The van der Waals surface area contributed by atoms with E-state index < -0.39 is 0 Å². The van der Waals surface area contributed by atoms with Crippen LogP contribution in [-0.4, -0.2) is 22.5 Å². The summed E-state index contributed by atoms with van der Waals surface area (Å²) in [5.41, 5.74) is 6.67. The number of pyridine rings is 1. The second kappa shape index (κ2) is 4.37. The Morgan fingerprint density at radius 1 is 1.56 bits per heavy atom. The maximum absolute atomic E-state index is 13.2. The van der Waals surface area contributed by atoms with Gasteiger partial charge in [-0.25, -0.2) is 9.37 Å². The first kappa shape index (κ1) is 11.3. The van der Waals surface area contributed by atoms with Crippen molar-refractivity contribution in [3.8, 4) is 0 Å². The van der Waals surface area contributed by atoms with Gasteiger partial charge in [0.05, 0.1) is 6.20 Å². The van der Waals surface area contributed by atoms with E-state index in [1.54, 1.807) is 0 Å². The maximum atomic E-state index is 13.2. The molecule has 1 fully saturated rings. The summed E-state index contributed by atoms with van der Waals surface area (Å²) in [6.07, 6.45) is 3.35. The molecule has 2 heterocycles. The van der Waals surface area contributed by atoms with E-state index in [9.17, 15) is 4.39 Å². The molecule has 0 radical (unpaired) electrons. The molecule has 0 saturated carbocycles. The molecule has 1 aromatic heterocycles. The average Bonchev–Trinajstić information content (AvgIpc) is 2.70. The van der Waals surface area contributed by atoms with Crippen LogP contribution in [0.4, 0.5) is 10.2 Å². The highest BCUT2D eigenvalue weighted by Gasteiger charge is 2.29. The van der Waals surface area contributed by atoms with Crippen molar-refractivity contribution in [3.63, 3.8) is 0 Å². The Labute approximate surface area is 95.5 Å². The number of nitrogens with two attached hydrogens (primary N) is 1. The Morgan fingerprint density at radius 2 is 2.31 bits per heavy atom. The Balaban J connectivity index is 2.32. The first-order valence-corrected chi connectivity index (χ1v) is 5.76. The molecule has 0 bridgehead atoms. The zero-order valence-corrected chi connectivity index (χ0v) is 9.78. The van der Waals surface area contributed by atoms with Crippen LogP contribution in [0.3, 0.4) is 0 Å². The molecule has 1 aromatic rings. The second-order valence-corrected chi connectivity index (χ2v) is 4.62. The van der Waals surface area contributed by atoms with Gasteiger partial charge in [0.25, 0.3) is 0 Å². The summed E-state index contributed by atoms with van der Waals surface area (Å²) in [7, 11) is 0. The lowest BCUT2D eigenvalue weighted by Gasteiger charge is -2.28. The molecule has 0 aromatic carbocycles. The molecule has 1 aliphatic heterocycles. The van der Waals surface area contributed by atoms with Crippen molar-refractivity contribution in [3.05, 3.63) is 23.6 Å². The van der Waals surface area contributed by atoms with Crippen LogP contribution in [0.5, 0.6) is 0 Å². The summed E-state index contributed by atoms with van der Waals surface area (Å²) in [4.78, 5) is 6.25. The molecule has 2 N–H and O–H groups in total. The van der Waals surface area contributed by atoms with Gasteiger partial charge in [0.1, 0.15) is 11.6 Å². The number of nitrogens with zero attached hydrogens (tertiary/aromatic N) is 2. The van der Waals surface area contributed by atoms with Gasteiger partial charge < -0.3 is 5.73 Å². The van der Waals surface area contributed by atoms with Crippen LogP contribution in [0.25, 0.3) is 0 Å². The van der Waals surface area contributed by atoms with E-state index in [0.29, 0.717) is 11.9 Å². The summed E-state index contributed by atoms with van der Waals surface area (Å²) in [5, 5.41) is 0. The largest absolute Gasteiger partial charge is 0.383 e. The van der Waals surface area contributed by atoms with Gasteiger partial charge in [-0.1, -0.05) is 0 Å². The SMILES string of the molecule is CC(C)N1CCCC1c1cc(F)cnc1N. The van der Waals surface area contributed by atoms with E-state index in [1.807, 2.05) is 0 Å². The normalized spacial score (nSPS) is 21.9. The van der Waals surface area contributed by atoms with Crippen molar-refractivity contribution < 1.29 is 4.39 Å². The number of hydrogen-bond acceptors (Lipinski definition) is 3. The van der Waals surface area contributed by atoms with Gasteiger partial charge in [0, 0.05) is 17.6 Å². The zero-order chi connectivity index (χ0) is 11.7. The quantitative estimate of drug-likeness (QED) is 0.836. The number of likely N-dealkylation sites (tertiary alicyclic amines) is 1. The van der Waals surface area contributed by atoms with Gasteiger partial charge in [0.15, 0.2) is 0 Å². The Morgan fingerprint density at radius 3 is 3.00 bits per heavy atom. The summed E-state index contributed by atoms with van der Waals surface area (Å²) >= 11 is 0. The van der Waals surface area contributed by atoms with Crippen LogP contribution in [0.15, 0.2) is 12.3 Å². The highest BCUT2D eigenvalue weighted by molar-refractivity contribution is 5.41. The van der Waals surface area contributed by atoms with Gasteiger partial charge in [-0.2, -0.15) is 0 Å². The smallest absolute Gasteiger partial charge is 0.141 e. The molecule has 1 atom stereocenters. The van der Waals surface area contributed by atoms with Crippen LogP contribution >= 0.6 is 0 Å². The van der Waals surface area contributed by atoms with Crippen LogP contribution in [0.1, 0.15) is 38.3 Å². The van der Waals surface area contributed by atoms with Crippen molar-refractivity contribution in [2.24, 2.45) is 0 Å². The van der Waals surface area contributed by atoms with Crippen molar-refractivity contribution in [2.75, 3.05) is 12.3 Å². The molecule has 4 heteroatoms. The van der Waals surface area contributed by atoms with E-state index in [0.717, 1.165) is 24.9 Å². The van der Waals surface area contributed by atoms with Crippen molar-refractivity contribution in [1.82, 2.24) is 9.88 Å². The lowest BCUT2D eigenvalue weighted by molar-refractivity contribution is 0.205. The first-order valence-electron chi connectivity index (χ1n) is 5.76. The van der Waals surface area contributed by atoms with E-state index in [1.165, 1.54) is 12.3 Å². The minimum absolute atomic E-state index is 0.225. The molecule has 2 rings (SSSR count). The fourth-order valence-corrected chi connectivity index (χ4v) is 2.47. The minimum atomic E-state index is -0.306. The molecule has 0 aliphatic carbocycles. The van der Waals surface area contributed by atoms with E-state index >= 15 is 0 Å². The Hall–Kier alpha value is -1.16. The van der Waals surface area contributed by atoms with Gasteiger partial charge in [-0.3, -0.25) is 4.90 Å². The number of aromatic nitrogens is 1. The highest BCUT2D eigenvalue weighted by Crippen LogP contribution is 2.35. The van der Waals surface area contributed by atoms with E-state index in [4.69, 9.17) is 5.73 Å². The summed E-state index contributed by atoms with van der Waals surface area (Å²) < 4.78 is 13.2. The third-order valence-electron chi connectivity index (χ3n) is 3.23. The Bertz CT molecular complexity index is 379. The fourth-order valence-electron chi connectivity index (χ4n) is 2.47. The van der Waals surface area contributed by atoms with Gasteiger partial charge in [-0.05, 0) is 39.3 Å². The predicted molar refractivity (Wildman–Crippen MR) is 62.4 cm³/mol. The first-order chi connectivity index (χ1) is 7.59.